The SMILES string of the molecule is NNc1cncc(NC2CCCCC2CO)n1. The molecule has 1 aliphatic rings. The van der Waals surface area contributed by atoms with Crippen molar-refractivity contribution in [2.75, 3.05) is 17.3 Å². The van der Waals surface area contributed by atoms with Crippen LogP contribution in [-0.4, -0.2) is 27.7 Å². The van der Waals surface area contributed by atoms with Gasteiger partial charge >= 0.3 is 0 Å². The number of nitrogens with two attached hydrogens (primary N) is 1. The van der Waals surface area contributed by atoms with Crippen LogP contribution in [0.4, 0.5) is 11.6 Å². The number of nitrogens with zero attached hydrogens (tertiary/aromatic N) is 2. The summed E-state index contributed by atoms with van der Waals surface area (Å²) in [4.78, 5) is 8.30. The Kier molecular flexibility index (Phi) is 4.11. The van der Waals surface area contributed by atoms with Crippen LogP contribution >= 0.6 is 0 Å². The van der Waals surface area contributed by atoms with Gasteiger partial charge in [-0.2, -0.15) is 0 Å². The first kappa shape index (κ1) is 12.1. The molecule has 2 unspecified atom stereocenters. The van der Waals surface area contributed by atoms with E-state index in [0.717, 1.165) is 12.8 Å². The van der Waals surface area contributed by atoms with E-state index in [4.69, 9.17) is 5.84 Å². The van der Waals surface area contributed by atoms with Gasteiger partial charge in [-0.3, -0.25) is 4.98 Å². The third-order valence-electron chi connectivity index (χ3n) is 3.26. The minimum atomic E-state index is 0.222. The Morgan fingerprint density at radius 3 is 2.82 bits per heavy atom. The van der Waals surface area contributed by atoms with Gasteiger partial charge in [0.1, 0.15) is 5.82 Å². The van der Waals surface area contributed by atoms with E-state index in [0.29, 0.717) is 17.6 Å². The summed E-state index contributed by atoms with van der Waals surface area (Å²) < 4.78 is 0. The lowest BCUT2D eigenvalue weighted by atomic mass is 9.85. The number of hydrogen-bond acceptors (Lipinski definition) is 6. The van der Waals surface area contributed by atoms with Gasteiger partial charge < -0.3 is 15.8 Å². The molecule has 6 heteroatoms. The van der Waals surface area contributed by atoms with E-state index in [9.17, 15) is 5.11 Å². The minimum Gasteiger partial charge on any atom is -0.396 e. The highest BCUT2D eigenvalue weighted by Gasteiger charge is 2.24. The monoisotopic (exact) mass is 237 g/mol. The van der Waals surface area contributed by atoms with Gasteiger partial charge in [0.25, 0.3) is 0 Å². The Bertz CT molecular complexity index is 359. The molecule has 0 bridgehead atoms. The Balaban J connectivity index is 2.02. The number of hydrogen-bond donors (Lipinski definition) is 4. The molecule has 0 saturated heterocycles. The van der Waals surface area contributed by atoms with Gasteiger partial charge in [-0.25, -0.2) is 10.8 Å². The molecular formula is C11H19N5O. The van der Waals surface area contributed by atoms with Crippen LogP contribution in [0.25, 0.3) is 0 Å². The number of aliphatic hydroxyl groups excluding tert-OH is 1. The van der Waals surface area contributed by atoms with Gasteiger partial charge in [-0.1, -0.05) is 12.8 Å². The number of nitrogens with one attached hydrogen (secondary N) is 2. The molecule has 0 amide bonds. The summed E-state index contributed by atoms with van der Waals surface area (Å²) in [6, 6.07) is 0.274. The molecule has 94 valence electrons. The van der Waals surface area contributed by atoms with E-state index in [2.05, 4.69) is 20.7 Å². The van der Waals surface area contributed by atoms with E-state index in [-0.39, 0.29) is 12.6 Å². The molecule has 1 aromatic rings. The van der Waals surface area contributed by atoms with E-state index in [1.165, 1.54) is 12.8 Å². The van der Waals surface area contributed by atoms with E-state index in [1.54, 1.807) is 12.4 Å². The fourth-order valence-electron chi connectivity index (χ4n) is 2.31. The summed E-state index contributed by atoms with van der Waals surface area (Å²) in [6.45, 7) is 0.222. The van der Waals surface area contributed by atoms with Crippen LogP contribution in [0.2, 0.25) is 0 Å². The second-order valence-corrected chi connectivity index (χ2v) is 4.41. The molecule has 1 fully saturated rings. The van der Waals surface area contributed by atoms with Gasteiger partial charge in [0.05, 0.1) is 12.4 Å². The number of anilines is 2. The lowest BCUT2D eigenvalue weighted by Gasteiger charge is -2.31. The number of nitrogen functional groups attached to an aromatic ring is 1. The molecule has 2 rings (SSSR count). The first-order valence-electron chi connectivity index (χ1n) is 5.99. The molecule has 1 saturated carbocycles. The highest BCUT2D eigenvalue weighted by Crippen LogP contribution is 2.26. The maximum absolute atomic E-state index is 9.33. The van der Waals surface area contributed by atoms with Crippen molar-refractivity contribution in [2.24, 2.45) is 11.8 Å². The van der Waals surface area contributed by atoms with E-state index in [1.807, 2.05) is 0 Å². The normalized spacial score (nSPS) is 24.4. The Morgan fingerprint density at radius 2 is 2.06 bits per heavy atom. The number of aliphatic hydroxyl groups is 1. The van der Waals surface area contributed by atoms with Crippen LogP contribution < -0.4 is 16.6 Å². The zero-order valence-corrected chi connectivity index (χ0v) is 9.76. The number of hydrazine groups is 1. The number of rotatable bonds is 4. The largest absolute Gasteiger partial charge is 0.396 e. The molecule has 5 N–H and O–H groups in total. The smallest absolute Gasteiger partial charge is 0.160 e. The van der Waals surface area contributed by atoms with Crippen molar-refractivity contribution in [2.45, 2.75) is 31.7 Å². The zero-order valence-electron chi connectivity index (χ0n) is 9.76. The molecule has 2 atom stereocenters. The maximum Gasteiger partial charge on any atom is 0.160 e. The summed E-state index contributed by atoms with van der Waals surface area (Å²) in [5.41, 5.74) is 2.47. The number of aromatic nitrogens is 2. The topological polar surface area (TPSA) is 96.1 Å². The van der Waals surface area contributed by atoms with Crippen molar-refractivity contribution in [3.05, 3.63) is 12.4 Å². The van der Waals surface area contributed by atoms with E-state index < -0.39 is 0 Å². The van der Waals surface area contributed by atoms with Gasteiger partial charge in [0.15, 0.2) is 5.82 Å². The standard InChI is InChI=1S/C11H19N5O/c12-16-11-6-13-5-10(15-11)14-9-4-2-1-3-8(9)7-17/h5-6,8-9,17H,1-4,7,12H2,(H2,14,15,16). The van der Waals surface area contributed by atoms with Crippen molar-refractivity contribution >= 4 is 11.6 Å². The van der Waals surface area contributed by atoms with Crippen LogP contribution in [0.3, 0.4) is 0 Å². The predicted octanol–water partition coefficient (Wildman–Crippen LogP) is 0.725. The Morgan fingerprint density at radius 1 is 1.29 bits per heavy atom. The Labute approximate surface area is 101 Å². The molecule has 0 spiro atoms. The van der Waals surface area contributed by atoms with Gasteiger partial charge in [0.2, 0.25) is 0 Å². The molecule has 6 nitrogen and oxygen atoms in total. The quantitative estimate of drug-likeness (QED) is 0.455. The fraction of sp³-hybridized carbons (Fsp3) is 0.636. The second kappa shape index (κ2) is 5.79. The maximum atomic E-state index is 9.33. The molecule has 0 aromatic carbocycles. The molecule has 1 aromatic heterocycles. The predicted molar refractivity (Wildman–Crippen MR) is 66.3 cm³/mol. The molecule has 1 aliphatic carbocycles. The summed E-state index contributed by atoms with van der Waals surface area (Å²) in [6.07, 6.45) is 7.75. The van der Waals surface area contributed by atoms with Crippen LogP contribution in [0.1, 0.15) is 25.7 Å². The summed E-state index contributed by atoms with van der Waals surface area (Å²) >= 11 is 0. The lowest BCUT2D eigenvalue weighted by molar-refractivity contribution is 0.178. The third kappa shape index (κ3) is 3.04. The van der Waals surface area contributed by atoms with Crippen molar-refractivity contribution < 1.29 is 5.11 Å². The van der Waals surface area contributed by atoms with Crippen LogP contribution in [0.5, 0.6) is 0 Å². The lowest BCUT2D eigenvalue weighted by Crippen LogP contribution is -2.34. The average Bonchev–Trinajstić information content (AvgIpc) is 2.39. The summed E-state index contributed by atoms with van der Waals surface area (Å²) in [5, 5.41) is 12.7. The average molecular weight is 237 g/mol. The molecule has 0 radical (unpaired) electrons. The zero-order chi connectivity index (χ0) is 12.1. The third-order valence-corrected chi connectivity index (χ3v) is 3.26. The molecular weight excluding hydrogens is 218 g/mol. The molecule has 0 aliphatic heterocycles. The summed E-state index contributed by atoms with van der Waals surface area (Å²) in [5.74, 6) is 6.82. The van der Waals surface area contributed by atoms with Crippen LogP contribution in [0, 0.1) is 5.92 Å². The highest BCUT2D eigenvalue weighted by molar-refractivity contribution is 5.41. The van der Waals surface area contributed by atoms with Gasteiger partial charge in [-0.05, 0) is 12.8 Å². The van der Waals surface area contributed by atoms with Crippen LogP contribution in [-0.2, 0) is 0 Å². The van der Waals surface area contributed by atoms with E-state index >= 15 is 0 Å². The van der Waals surface area contributed by atoms with Gasteiger partial charge in [0, 0.05) is 18.6 Å². The fourth-order valence-corrected chi connectivity index (χ4v) is 2.31. The van der Waals surface area contributed by atoms with Crippen molar-refractivity contribution in [1.82, 2.24) is 9.97 Å². The minimum absolute atomic E-state index is 0.222. The highest BCUT2D eigenvalue weighted by atomic mass is 16.3. The first-order chi connectivity index (χ1) is 8.33. The van der Waals surface area contributed by atoms with Gasteiger partial charge in [-0.15, -0.1) is 0 Å². The molecule has 17 heavy (non-hydrogen) atoms. The van der Waals surface area contributed by atoms with Crippen molar-refractivity contribution in [1.29, 1.82) is 0 Å². The first-order valence-corrected chi connectivity index (χ1v) is 5.99. The van der Waals surface area contributed by atoms with Crippen LogP contribution in [0.15, 0.2) is 12.4 Å². The molecule has 1 heterocycles. The second-order valence-electron chi connectivity index (χ2n) is 4.41. The summed E-state index contributed by atoms with van der Waals surface area (Å²) in [7, 11) is 0. The van der Waals surface area contributed by atoms with Crippen molar-refractivity contribution in [3.8, 4) is 0 Å². The van der Waals surface area contributed by atoms with Crippen molar-refractivity contribution in [3.63, 3.8) is 0 Å². The Hall–Kier alpha value is -1.40.